The molecule has 1 aromatic rings. The Labute approximate surface area is 168 Å². The second kappa shape index (κ2) is 8.03. The Balaban J connectivity index is 1.68. The molecule has 1 aliphatic heterocycles. The molecule has 1 atom stereocenters. The number of fused-ring (bicyclic) bond motifs is 1. The van der Waals surface area contributed by atoms with Gasteiger partial charge in [0, 0.05) is 0 Å². The van der Waals surface area contributed by atoms with Crippen LogP contribution in [0.5, 0.6) is 0 Å². The molecule has 1 heterocycles. The van der Waals surface area contributed by atoms with E-state index >= 15 is 0 Å². The summed E-state index contributed by atoms with van der Waals surface area (Å²) in [4.78, 5) is 51.2. The van der Waals surface area contributed by atoms with E-state index in [0.717, 1.165) is 17.7 Å². The summed E-state index contributed by atoms with van der Waals surface area (Å²) < 4.78 is 5.13. The molecule has 0 aromatic heterocycles. The second-order valence-corrected chi connectivity index (χ2v) is 7.77. The topological polar surface area (TPSA) is 117 Å². The molecule has 3 rings (SSSR count). The van der Waals surface area contributed by atoms with Crippen molar-refractivity contribution in [3.8, 4) is 6.07 Å². The Bertz CT molecular complexity index is 861. The first kappa shape index (κ1) is 20.5. The molecule has 0 bridgehead atoms. The SMILES string of the molecule is CC(C)[C@@H](C(=O)OCC(=O)NC1(C#N)CCCC1)N1C(=O)c2ccccc2C1=O. The molecule has 1 fully saturated rings. The van der Waals surface area contributed by atoms with Crippen molar-refractivity contribution in [1.82, 2.24) is 10.2 Å². The summed E-state index contributed by atoms with van der Waals surface area (Å²) in [6.07, 6.45) is 2.82. The normalized spacial score (nSPS) is 18.3. The molecular formula is C21H23N3O5. The van der Waals surface area contributed by atoms with E-state index in [1.807, 2.05) is 0 Å². The number of hydrogen-bond acceptors (Lipinski definition) is 6. The molecule has 1 N–H and O–H groups in total. The molecule has 1 aromatic carbocycles. The van der Waals surface area contributed by atoms with Crippen LogP contribution in [0.15, 0.2) is 24.3 Å². The molecule has 3 amide bonds. The van der Waals surface area contributed by atoms with Crippen LogP contribution < -0.4 is 5.32 Å². The first-order valence-electron chi connectivity index (χ1n) is 9.65. The Morgan fingerprint density at radius 1 is 1.17 bits per heavy atom. The predicted molar refractivity (Wildman–Crippen MR) is 101 cm³/mol. The lowest BCUT2D eigenvalue weighted by atomic mass is 10.00. The highest BCUT2D eigenvalue weighted by Gasteiger charge is 2.45. The van der Waals surface area contributed by atoms with E-state index in [1.165, 1.54) is 12.1 Å². The smallest absolute Gasteiger partial charge is 0.330 e. The van der Waals surface area contributed by atoms with Crippen molar-refractivity contribution in [2.24, 2.45) is 5.92 Å². The number of nitrogens with zero attached hydrogens (tertiary/aromatic N) is 2. The number of nitriles is 1. The third-order valence-electron chi connectivity index (χ3n) is 5.37. The molecular weight excluding hydrogens is 374 g/mol. The molecule has 0 unspecified atom stereocenters. The second-order valence-electron chi connectivity index (χ2n) is 7.77. The zero-order valence-corrected chi connectivity index (χ0v) is 16.4. The number of benzene rings is 1. The largest absolute Gasteiger partial charge is 0.454 e. The van der Waals surface area contributed by atoms with Gasteiger partial charge in [0.25, 0.3) is 17.7 Å². The van der Waals surface area contributed by atoms with Gasteiger partial charge in [0.05, 0.1) is 17.2 Å². The summed E-state index contributed by atoms with van der Waals surface area (Å²) in [6, 6.07) is 7.35. The van der Waals surface area contributed by atoms with Crippen molar-refractivity contribution in [2.45, 2.75) is 51.1 Å². The zero-order valence-electron chi connectivity index (χ0n) is 16.4. The van der Waals surface area contributed by atoms with Crippen molar-refractivity contribution in [3.05, 3.63) is 35.4 Å². The lowest BCUT2D eigenvalue weighted by molar-refractivity contribution is -0.154. The van der Waals surface area contributed by atoms with Gasteiger partial charge >= 0.3 is 5.97 Å². The molecule has 0 spiro atoms. The van der Waals surface area contributed by atoms with Gasteiger partial charge in [0.15, 0.2) is 6.61 Å². The van der Waals surface area contributed by atoms with Gasteiger partial charge in [0.1, 0.15) is 11.6 Å². The molecule has 1 saturated carbocycles. The monoisotopic (exact) mass is 397 g/mol. The lowest BCUT2D eigenvalue weighted by Crippen LogP contribution is -2.50. The minimum Gasteiger partial charge on any atom is -0.454 e. The highest BCUT2D eigenvalue weighted by Crippen LogP contribution is 2.29. The Hall–Kier alpha value is -3.21. The summed E-state index contributed by atoms with van der Waals surface area (Å²) in [6.45, 7) is 2.81. The van der Waals surface area contributed by atoms with Crippen LogP contribution in [0.3, 0.4) is 0 Å². The maximum atomic E-state index is 12.7. The fourth-order valence-electron chi connectivity index (χ4n) is 3.90. The standard InChI is InChI=1S/C21H23N3O5/c1-13(2)17(24-18(26)14-7-3-4-8-15(14)19(24)27)20(28)29-11-16(25)23-21(12-22)9-5-6-10-21/h3-4,7-8,13,17H,5-6,9-11H2,1-2H3,(H,23,25)/t17-/m0/s1. The van der Waals surface area contributed by atoms with Gasteiger partial charge in [-0.05, 0) is 43.7 Å². The highest BCUT2D eigenvalue weighted by atomic mass is 16.5. The van der Waals surface area contributed by atoms with Crippen LogP contribution in [-0.4, -0.2) is 46.8 Å². The zero-order chi connectivity index (χ0) is 21.2. The molecule has 8 heteroatoms. The number of hydrogen-bond donors (Lipinski definition) is 1. The number of nitrogens with one attached hydrogen (secondary N) is 1. The molecule has 1 aliphatic carbocycles. The number of esters is 1. The van der Waals surface area contributed by atoms with Crippen molar-refractivity contribution >= 4 is 23.7 Å². The van der Waals surface area contributed by atoms with Crippen LogP contribution >= 0.6 is 0 Å². The van der Waals surface area contributed by atoms with E-state index < -0.39 is 47.8 Å². The lowest BCUT2D eigenvalue weighted by Gasteiger charge is -2.27. The van der Waals surface area contributed by atoms with Gasteiger partial charge in [-0.3, -0.25) is 19.3 Å². The maximum absolute atomic E-state index is 12.7. The van der Waals surface area contributed by atoms with Crippen LogP contribution in [0.4, 0.5) is 0 Å². The van der Waals surface area contributed by atoms with Crippen molar-refractivity contribution < 1.29 is 23.9 Å². The summed E-state index contributed by atoms with van der Waals surface area (Å²) in [7, 11) is 0. The number of carbonyl (C=O) groups excluding carboxylic acids is 4. The maximum Gasteiger partial charge on any atom is 0.330 e. The minimum atomic E-state index is -1.15. The van der Waals surface area contributed by atoms with E-state index in [4.69, 9.17) is 4.74 Å². The van der Waals surface area contributed by atoms with Crippen molar-refractivity contribution in [3.63, 3.8) is 0 Å². The van der Waals surface area contributed by atoms with E-state index in [-0.39, 0.29) is 11.1 Å². The van der Waals surface area contributed by atoms with Crippen LogP contribution in [0.2, 0.25) is 0 Å². The molecule has 0 radical (unpaired) electrons. The molecule has 8 nitrogen and oxygen atoms in total. The minimum absolute atomic E-state index is 0.242. The first-order valence-corrected chi connectivity index (χ1v) is 9.65. The highest BCUT2D eigenvalue weighted by molar-refractivity contribution is 6.22. The fraction of sp³-hybridized carbons (Fsp3) is 0.476. The molecule has 29 heavy (non-hydrogen) atoms. The van der Waals surface area contributed by atoms with E-state index in [0.29, 0.717) is 12.8 Å². The van der Waals surface area contributed by atoms with E-state index in [9.17, 15) is 24.4 Å². The Morgan fingerprint density at radius 3 is 2.21 bits per heavy atom. The molecule has 2 aliphatic rings. The quantitative estimate of drug-likeness (QED) is 0.578. The first-order chi connectivity index (χ1) is 13.8. The number of imide groups is 1. The number of amides is 3. The predicted octanol–water partition coefficient (Wildman–Crippen LogP) is 1.80. The third-order valence-corrected chi connectivity index (χ3v) is 5.37. The van der Waals surface area contributed by atoms with Gasteiger partial charge in [-0.1, -0.05) is 26.0 Å². The van der Waals surface area contributed by atoms with Gasteiger partial charge in [0.2, 0.25) is 0 Å². The number of carbonyl (C=O) groups is 4. The van der Waals surface area contributed by atoms with Crippen molar-refractivity contribution in [2.75, 3.05) is 6.61 Å². The summed E-state index contributed by atoms with van der Waals surface area (Å²) in [5.41, 5.74) is -0.430. The molecule has 152 valence electrons. The fourth-order valence-corrected chi connectivity index (χ4v) is 3.90. The summed E-state index contributed by atoms with van der Waals surface area (Å²) in [5, 5.41) is 12.0. The van der Waals surface area contributed by atoms with Gasteiger partial charge in [-0.15, -0.1) is 0 Å². The van der Waals surface area contributed by atoms with E-state index in [2.05, 4.69) is 11.4 Å². The number of rotatable bonds is 6. The van der Waals surface area contributed by atoms with Crippen molar-refractivity contribution in [1.29, 1.82) is 5.26 Å². The van der Waals surface area contributed by atoms with Crippen LogP contribution in [0.25, 0.3) is 0 Å². The van der Waals surface area contributed by atoms with Crippen LogP contribution in [0.1, 0.15) is 60.2 Å². The van der Waals surface area contributed by atoms with Gasteiger partial charge < -0.3 is 10.1 Å². The summed E-state index contributed by atoms with van der Waals surface area (Å²) in [5.74, 6) is -2.93. The average molecular weight is 397 g/mol. The van der Waals surface area contributed by atoms with Crippen LogP contribution in [-0.2, 0) is 14.3 Å². The van der Waals surface area contributed by atoms with Gasteiger partial charge in [-0.25, -0.2) is 4.79 Å². The third kappa shape index (κ3) is 3.86. The van der Waals surface area contributed by atoms with Crippen LogP contribution in [0, 0.1) is 17.2 Å². The summed E-state index contributed by atoms with van der Waals surface area (Å²) >= 11 is 0. The van der Waals surface area contributed by atoms with Gasteiger partial charge in [-0.2, -0.15) is 5.26 Å². The Kier molecular flexibility index (Phi) is 5.69. The number of ether oxygens (including phenoxy) is 1. The van der Waals surface area contributed by atoms with E-state index in [1.54, 1.807) is 26.0 Å². The Morgan fingerprint density at radius 2 is 1.72 bits per heavy atom. The molecule has 0 saturated heterocycles. The average Bonchev–Trinajstić information content (AvgIpc) is 3.26.